The van der Waals surface area contributed by atoms with Gasteiger partial charge in [-0.2, -0.15) is 5.26 Å². The van der Waals surface area contributed by atoms with Crippen molar-refractivity contribution in [3.8, 4) is 6.07 Å². The van der Waals surface area contributed by atoms with E-state index in [1.165, 1.54) is 12.8 Å². The molecule has 0 bridgehead atoms. The van der Waals surface area contributed by atoms with E-state index in [1.54, 1.807) is 7.11 Å². The number of hydrogen-bond acceptors (Lipinski definition) is 4. The van der Waals surface area contributed by atoms with Crippen molar-refractivity contribution < 1.29 is 4.74 Å². The molecule has 92 valence electrons. The molecular weight excluding hydrogens is 202 g/mol. The van der Waals surface area contributed by atoms with Crippen LogP contribution in [0.1, 0.15) is 32.1 Å². The molecule has 1 aliphatic rings. The molecule has 0 aromatic heterocycles. The molecule has 0 aliphatic heterocycles. The molecule has 1 rings (SSSR count). The molecule has 0 spiro atoms. The van der Waals surface area contributed by atoms with Crippen LogP contribution in [0.4, 0.5) is 0 Å². The SMILES string of the molecule is COCC(CCCN)N(CCC#N)C1CC1. The number of nitrogens with two attached hydrogens (primary N) is 1. The fourth-order valence-corrected chi connectivity index (χ4v) is 2.14. The Kier molecular flexibility index (Phi) is 6.39. The molecular formula is C12H23N3O. The average molecular weight is 225 g/mol. The van der Waals surface area contributed by atoms with Crippen LogP contribution >= 0.6 is 0 Å². The fourth-order valence-electron chi connectivity index (χ4n) is 2.14. The van der Waals surface area contributed by atoms with Crippen LogP contribution < -0.4 is 5.73 Å². The average Bonchev–Trinajstić information content (AvgIpc) is 3.10. The van der Waals surface area contributed by atoms with Crippen LogP contribution in [-0.4, -0.2) is 43.8 Å². The van der Waals surface area contributed by atoms with Crippen LogP contribution in [0, 0.1) is 11.3 Å². The summed E-state index contributed by atoms with van der Waals surface area (Å²) >= 11 is 0. The fraction of sp³-hybridized carbons (Fsp3) is 0.917. The van der Waals surface area contributed by atoms with Crippen molar-refractivity contribution >= 4 is 0 Å². The zero-order chi connectivity index (χ0) is 11.8. The molecule has 4 nitrogen and oxygen atoms in total. The summed E-state index contributed by atoms with van der Waals surface area (Å²) in [5, 5.41) is 8.68. The van der Waals surface area contributed by atoms with Crippen molar-refractivity contribution in [3.05, 3.63) is 0 Å². The maximum atomic E-state index is 8.68. The summed E-state index contributed by atoms with van der Waals surface area (Å²) in [6, 6.07) is 3.35. The van der Waals surface area contributed by atoms with Crippen molar-refractivity contribution in [3.63, 3.8) is 0 Å². The highest BCUT2D eigenvalue weighted by atomic mass is 16.5. The van der Waals surface area contributed by atoms with E-state index in [9.17, 15) is 0 Å². The van der Waals surface area contributed by atoms with Crippen molar-refractivity contribution in [2.24, 2.45) is 5.73 Å². The lowest BCUT2D eigenvalue weighted by Crippen LogP contribution is -2.41. The highest BCUT2D eigenvalue weighted by molar-refractivity contribution is 4.90. The Morgan fingerprint density at radius 3 is 2.81 bits per heavy atom. The van der Waals surface area contributed by atoms with Gasteiger partial charge in [-0.3, -0.25) is 4.90 Å². The quantitative estimate of drug-likeness (QED) is 0.638. The third-order valence-corrected chi connectivity index (χ3v) is 3.07. The van der Waals surface area contributed by atoms with Crippen molar-refractivity contribution in [1.29, 1.82) is 5.26 Å². The first kappa shape index (κ1) is 13.4. The Labute approximate surface area is 98.4 Å². The normalized spacial score (nSPS) is 17.4. The number of ether oxygens (including phenoxy) is 1. The minimum Gasteiger partial charge on any atom is -0.383 e. The van der Waals surface area contributed by atoms with Gasteiger partial charge in [0.15, 0.2) is 0 Å². The number of nitriles is 1. The zero-order valence-electron chi connectivity index (χ0n) is 10.2. The van der Waals surface area contributed by atoms with Crippen LogP contribution in [0.25, 0.3) is 0 Å². The molecule has 0 aromatic rings. The van der Waals surface area contributed by atoms with Gasteiger partial charge >= 0.3 is 0 Å². The summed E-state index contributed by atoms with van der Waals surface area (Å²) < 4.78 is 5.27. The van der Waals surface area contributed by atoms with E-state index in [0.29, 0.717) is 18.5 Å². The third kappa shape index (κ3) is 4.48. The number of rotatable bonds is 9. The van der Waals surface area contributed by atoms with Gasteiger partial charge in [0.1, 0.15) is 0 Å². The van der Waals surface area contributed by atoms with Gasteiger partial charge in [-0.15, -0.1) is 0 Å². The van der Waals surface area contributed by atoms with Crippen molar-refractivity contribution in [2.75, 3.05) is 26.8 Å². The van der Waals surface area contributed by atoms with Crippen LogP contribution in [0.15, 0.2) is 0 Å². The maximum absolute atomic E-state index is 8.68. The molecule has 1 unspecified atom stereocenters. The minimum atomic E-state index is 0.439. The Morgan fingerprint density at radius 1 is 1.56 bits per heavy atom. The lowest BCUT2D eigenvalue weighted by atomic mass is 10.1. The Bertz CT molecular complexity index is 223. The summed E-state index contributed by atoms with van der Waals surface area (Å²) in [6.45, 7) is 2.36. The summed E-state index contributed by atoms with van der Waals surface area (Å²) in [7, 11) is 1.74. The highest BCUT2D eigenvalue weighted by Crippen LogP contribution is 2.30. The summed E-state index contributed by atoms with van der Waals surface area (Å²) in [5.41, 5.74) is 5.55. The van der Waals surface area contributed by atoms with Crippen LogP contribution in [0.3, 0.4) is 0 Å². The third-order valence-electron chi connectivity index (χ3n) is 3.07. The first-order valence-corrected chi connectivity index (χ1v) is 6.15. The maximum Gasteiger partial charge on any atom is 0.0635 e. The van der Waals surface area contributed by atoms with E-state index in [1.807, 2.05) is 0 Å². The van der Waals surface area contributed by atoms with Gasteiger partial charge in [-0.25, -0.2) is 0 Å². The molecule has 1 atom stereocenters. The van der Waals surface area contributed by atoms with E-state index < -0.39 is 0 Å². The highest BCUT2D eigenvalue weighted by Gasteiger charge is 2.33. The predicted molar refractivity (Wildman–Crippen MR) is 63.9 cm³/mol. The van der Waals surface area contributed by atoms with Crippen molar-refractivity contribution in [1.82, 2.24) is 4.90 Å². The molecule has 0 heterocycles. The van der Waals surface area contributed by atoms with Crippen LogP contribution in [0.2, 0.25) is 0 Å². The second-order valence-electron chi connectivity index (χ2n) is 4.42. The molecule has 1 saturated carbocycles. The molecule has 16 heavy (non-hydrogen) atoms. The zero-order valence-corrected chi connectivity index (χ0v) is 10.2. The van der Waals surface area contributed by atoms with E-state index in [2.05, 4.69) is 11.0 Å². The van der Waals surface area contributed by atoms with Gasteiger partial charge < -0.3 is 10.5 Å². The summed E-state index contributed by atoms with van der Waals surface area (Å²) in [4.78, 5) is 2.45. The monoisotopic (exact) mass is 225 g/mol. The Hall–Kier alpha value is -0.630. The molecule has 0 radical (unpaired) electrons. The number of nitrogens with zero attached hydrogens (tertiary/aromatic N) is 2. The molecule has 4 heteroatoms. The summed E-state index contributed by atoms with van der Waals surface area (Å²) in [6.07, 6.45) is 5.26. The lowest BCUT2D eigenvalue weighted by Gasteiger charge is -2.30. The molecule has 0 aromatic carbocycles. The summed E-state index contributed by atoms with van der Waals surface area (Å²) in [5.74, 6) is 0. The lowest BCUT2D eigenvalue weighted by molar-refractivity contribution is 0.0800. The molecule has 1 fully saturated rings. The number of hydrogen-bond donors (Lipinski definition) is 1. The first-order chi connectivity index (χ1) is 7.83. The molecule has 1 aliphatic carbocycles. The van der Waals surface area contributed by atoms with Gasteiger partial charge in [0.2, 0.25) is 0 Å². The first-order valence-electron chi connectivity index (χ1n) is 6.15. The molecule has 0 saturated heterocycles. The second-order valence-corrected chi connectivity index (χ2v) is 4.42. The van der Waals surface area contributed by atoms with E-state index in [-0.39, 0.29) is 0 Å². The molecule has 2 N–H and O–H groups in total. The van der Waals surface area contributed by atoms with Gasteiger partial charge in [-0.1, -0.05) is 0 Å². The van der Waals surface area contributed by atoms with Gasteiger partial charge in [0.05, 0.1) is 12.7 Å². The second kappa shape index (κ2) is 7.61. The van der Waals surface area contributed by atoms with E-state index in [4.69, 9.17) is 15.7 Å². The van der Waals surface area contributed by atoms with Crippen molar-refractivity contribution in [2.45, 2.75) is 44.2 Å². The van der Waals surface area contributed by atoms with Crippen LogP contribution in [0.5, 0.6) is 0 Å². The minimum absolute atomic E-state index is 0.439. The Morgan fingerprint density at radius 2 is 2.31 bits per heavy atom. The molecule has 0 amide bonds. The van der Waals surface area contributed by atoms with Gasteiger partial charge in [0, 0.05) is 32.2 Å². The van der Waals surface area contributed by atoms with Crippen LogP contribution in [-0.2, 0) is 4.74 Å². The van der Waals surface area contributed by atoms with E-state index >= 15 is 0 Å². The smallest absolute Gasteiger partial charge is 0.0635 e. The number of methoxy groups -OCH3 is 1. The Balaban J connectivity index is 2.44. The standard InChI is InChI=1S/C12H23N3O/c1-16-10-12(4-2-7-13)15(9-3-8-14)11-5-6-11/h11-12H,2-7,9-10,13H2,1H3. The van der Waals surface area contributed by atoms with Gasteiger partial charge in [-0.05, 0) is 32.2 Å². The predicted octanol–water partition coefficient (Wildman–Crippen LogP) is 1.12. The topological polar surface area (TPSA) is 62.3 Å². The van der Waals surface area contributed by atoms with Gasteiger partial charge in [0.25, 0.3) is 0 Å². The van der Waals surface area contributed by atoms with E-state index in [0.717, 1.165) is 32.5 Å². The largest absolute Gasteiger partial charge is 0.383 e.